The molecule has 10 unspecified atom stereocenters. The summed E-state index contributed by atoms with van der Waals surface area (Å²) in [6.45, 7) is 15.2. The molecule has 0 spiro atoms. The molecule has 5 aliphatic heterocycles. The van der Waals surface area contributed by atoms with E-state index in [2.05, 4.69) is 31.9 Å². The van der Waals surface area contributed by atoms with Crippen LogP contribution in [0.4, 0.5) is 0 Å². The topological polar surface area (TPSA) is 282 Å². The lowest BCUT2D eigenvalue weighted by atomic mass is 9.98. The SMILES string of the molecule is CCC(C)C(NC(=O)C1CCCN1C(=O)C1=CNC(C(C)C)C(=O)N2CCCC2C(=O)NC(C(C)C)C(=O)NC(Cc2ccccc2)C(=O)N2CCCC2C(=O)N2CCCC2C(=O)NC(CC(C)C)C(=O)N1)C(N)=O. The number of nitrogens with one attached hydrogen (secondary N) is 6. The van der Waals surface area contributed by atoms with Crippen LogP contribution in [0.3, 0.4) is 0 Å². The number of carbonyl (C=O) groups excluding carboxylic acids is 10. The van der Waals surface area contributed by atoms with Gasteiger partial charge in [-0.25, -0.2) is 0 Å². The molecule has 0 bridgehead atoms. The van der Waals surface area contributed by atoms with Crippen LogP contribution in [0.2, 0.25) is 0 Å². The third-order valence-corrected chi connectivity index (χ3v) is 15.4. The van der Waals surface area contributed by atoms with Gasteiger partial charge in [0.15, 0.2) is 0 Å². The fourth-order valence-electron chi connectivity index (χ4n) is 11.0. The summed E-state index contributed by atoms with van der Waals surface area (Å²) in [5.41, 5.74) is 6.11. The Labute approximate surface area is 441 Å². The number of primary amides is 1. The zero-order chi connectivity index (χ0) is 54.8. The number of nitrogens with two attached hydrogens (primary N) is 1. The first-order valence-corrected chi connectivity index (χ1v) is 27.2. The number of hydrogen-bond donors (Lipinski definition) is 7. The molecule has 1 aromatic rings. The minimum absolute atomic E-state index is 0.0929. The molecule has 6 rings (SSSR count). The van der Waals surface area contributed by atoms with E-state index < -0.39 is 125 Å². The lowest BCUT2D eigenvalue weighted by Gasteiger charge is -2.34. The Morgan fingerprint density at radius 2 is 1.19 bits per heavy atom. The van der Waals surface area contributed by atoms with Gasteiger partial charge in [-0.05, 0) is 87.0 Å². The van der Waals surface area contributed by atoms with Gasteiger partial charge in [-0.1, -0.05) is 92.1 Å². The van der Waals surface area contributed by atoms with Gasteiger partial charge in [-0.2, -0.15) is 0 Å². The van der Waals surface area contributed by atoms with Gasteiger partial charge in [0.05, 0.1) is 0 Å². The number of carbonyl (C=O) groups is 10. The van der Waals surface area contributed by atoms with Gasteiger partial charge in [0.1, 0.15) is 60.1 Å². The molecular formula is C54H81N11O10. The van der Waals surface area contributed by atoms with Crippen molar-refractivity contribution in [1.29, 1.82) is 0 Å². The van der Waals surface area contributed by atoms with Crippen molar-refractivity contribution in [3.05, 3.63) is 47.8 Å². The second-order valence-electron chi connectivity index (χ2n) is 22.1. The highest BCUT2D eigenvalue weighted by molar-refractivity contribution is 6.03. The molecule has 21 nitrogen and oxygen atoms in total. The van der Waals surface area contributed by atoms with Gasteiger partial charge >= 0.3 is 0 Å². The third kappa shape index (κ3) is 13.9. The van der Waals surface area contributed by atoms with Gasteiger partial charge in [0, 0.05) is 38.8 Å². The molecule has 5 aliphatic rings. The number of amides is 10. The summed E-state index contributed by atoms with van der Waals surface area (Å²) >= 11 is 0. The zero-order valence-electron chi connectivity index (χ0n) is 45.0. The van der Waals surface area contributed by atoms with Crippen molar-refractivity contribution >= 4 is 59.1 Å². The van der Waals surface area contributed by atoms with E-state index in [9.17, 15) is 47.9 Å². The number of fused-ring (bicyclic) bond motifs is 3. The maximum atomic E-state index is 14.9. The van der Waals surface area contributed by atoms with Crippen LogP contribution in [0.15, 0.2) is 42.2 Å². The minimum Gasteiger partial charge on any atom is -0.378 e. The average Bonchev–Trinajstić information content (AvgIpc) is 4.23. The fraction of sp³-hybridized carbons (Fsp3) is 0.667. The van der Waals surface area contributed by atoms with Crippen molar-refractivity contribution in [3.8, 4) is 0 Å². The molecule has 4 fully saturated rings. The normalized spacial score (nSPS) is 27.6. The lowest BCUT2D eigenvalue weighted by Crippen LogP contribution is -2.61. The summed E-state index contributed by atoms with van der Waals surface area (Å²) in [6, 6.07) is -0.368. The highest BCUT2D eigenvalue weighted by Gasteiger charge is 2.46. The van der Waals surface area contributed by atoms with Gasteiger partial charge in [-0.15, -0.1) is 0 Å². The second-order valence-corrected chi connectivity index (χ2v) is 22.1. The van der Waals surface area contributed by atoms with Crippen LogP contribution in [0.1, 0.15) is 125 Å². The van der Waals surface area contributed by atoms with Crippen LogP contribution < -0.4 is 37.6 Å². The largest absolute Gasteiger partial charge is 0.378 e. The van der Waals surface area contributed by atoms with Crippen LogP contribution in [0.25, 0.3) is 0 Å². The number of nitrogens with zero attached hydrogens (tertiary/aromatic N) is 4. The van der Waals surface area contributed by atoms with Crippen molar-refractivity contribution in [2.24, 2.45) is 29.4 Å². The van der Waals surface area contributed by atoms with Gasteiger partial charge < -0.3 is 57.2 Å². The molecular weight excluding hydrogens is 963 g/mol. The number of likely N-dealkylation sites (tertiary alicyclic amines) is 1. The lowest BCUT2D eigenvalue weighted by molar-refractivity contribution is -0.148. The Balaban J connectivity index is 1.40. The quantitative estimate of drug-likeness (QED) is 0.155. The van der Waals surface area contributed by atoms with Crippen LogP contribution in [-0.2, 0) is 54.4 Å². The van der Waals surface area contributed by atoms with Crippen LogP contribution in [0, 0.1) is 23.7 Å². The first-order valence-electron chi connectivity index (χ1n) is 27.2. The first kappa shape index (κ1) is 57.7. The molecule has 0 saturated carbocycles. The van der Waals surface area contributed by atoms with Crippen molar-refractivity contribution in [1.82, 2.24) is 51.5 Å². The second kappa shape index (κ2) is 25.8. The molecule has 8 N–H and O–H groups in total. The van der Waals surface area contributed by atoms with E-state index in [1.54, 1.807) is 34.6 Å². The number of benzene rings is 1. The highest BCUT2D eigenvalue weighted by atomic mass is 16.2. The van der Waals surface area contributed by atoms with E-state index >= 15 is 0 Å². The van der Waals surface area contributed by atoms with Crippen molar-refractivity contribution in [2.75, 3.05) is 26.2 Å². The number of rotatable bonds is 12. The summed E-state index contributed by atoms with van der Waals surface area (Å²) in [5, 5.41) is 17.2. The molecule has 10 amide bonds. The Morgan fingerprint density at radius 1 is 0.640 bits per heavy atom. The summed E-state index contributed by atoms with van der Waals surface area (Å²) < 4.78 is 0. The fourth-order valence-corrected chi connectivity index (χ4v) is 11.0. The summed E-state index contributed by atoms with van der Waals surface area (Å²) in [5.74, 6) is -7.39. The monoisotopic (exact) mass is 1040 g/mol. The summed E-state index contributed by atoms with van der Waals surface area (Å²) in [6.07, 6.45) is 4.96. The van der Waals surface area contributed by atoms with Crippen LogP contribution in [-0.4, -0.2) is 159 Å². The number of hydrogen-bond acceptors (Lipinski definition) is 11. The van der Waals surface area contributed by atoms with E-state index in [0.717, 1.165) is 5.56 Å². The first-order chi connectivity index (χ1) is 35.6. The van der Waals surface area contributed by atoms with E-state index in [4.69, 9.17) is 5.73 Å². The van der Waals surface area contributed by atoms with E-state index in [1.807, 2.05) is 51.1 Å². The molecule has 10 atom stereocenters. The van der Waals surface area contributed by atoms with E-state index in [1.165, 1.54) is 25.8 Å². The van der Waals surface area contributed by atoms with Gasteiger partial charge in [0.2, 0.25) is 53.2 Å². The molecule has 0 aliphatic carbocycles. The van der Waals surface area contributed by atoms with Crippen molar-refractivity contribution < 1.29 is 47.9 Å². The van der Waals surface area contributed by atoms with Gasteiger partial charge in [-0.3, -0.25) is 47.9 Å². The Kier molecular flexibility index (Phi) is 19.9. The maximum absolute atomic E-state index is 14.9. The predicted molar refractivity (Wildman–Crippen MR) is 278 cm³/mol. The maximum Gasteiger partial charge on any atom is 0.272 e. The van der Waals surface area contributed by atoms with Crippen molar-refractivity contribution in [2.45, 2.75) is 180 Å². The molecule has 75 heavy (non-hydrogen) atoms. The Morgan fingerprint density at radius 3 is 1.76 bits per heavy atom. The minimum atomic E-state index is -1.23. The molecule has 0 radical (unpaired) electrons. The van der Waals surface area contributed by atoms with E-state index in [0.29, 0.717) is 38.5 Å². The molecule has 0 aromatic heterocycles. The molecule has 21 heteroatoms. The van der Waals surface area contributed by atoms with E-state index in [-0.39, 0.29) is 75.8 Å². The van der Waals surface area contributed by atoms with Crippen LogP contribution >= 0.6 is 0 Å². The van der Waals surface area contributed by atoms with Crippen molar-refractivity contribution in [3.63, 3.8) is 0 Å². The van der Waals surface area contributed by atoms with Crippen LogP contribution in [0.5, 0.6) is 0 Å². The third-order valence-electron chi connectivity index (χ3n) is 15.4. The average molecular weight is 1040 g/mol. The smallest absolute Gasteiger partial charge is 0.272 e. The molecule has 5 heterocycles. The zero-order valence-corrected chi connectivity index (χ0v) is 45.0. The Bertz CT molecular complexity index is 2330. The summed E-state index contributed by atoms with van der Waals surface area (Å²) in [4.78, 5) is 149. The molecule has 412 valence electrons. The van der Waals surface area contributed by atoms with Gasteiger partial charge in [0.25, 0.3) is 5.91 Å². The summed E-state index contributed by atoms with van der Waals surface area (Å²) in [7, 11) is 0. The standard InChI is InChI=1S/C54H81N11O10/c1-9-33(8)44(45(55)66)61-49(70)39-20-13-23-62(39)52(73)37-29-56-43(32(6)7)54(75)64-25-15-21-40(64)48(69)60-42(31(4)5)50(71)58-36(28-34-17-11-10-12-18-34)51(72)65-26-16-22-41(65)53(74)63-24-14-19-38(63)47(68)57-35(27-30(2)3)46(67)59-37/h10-12,17-18,29-33,35-36,38-44,56H,9,13-16,19-28H2,1-8H3,(H2,55,66)(H,57,68)(H,58,71)(H,59,67)(H,60,69)(H,61,70). The highest BCUT2D eigenvalue weighted by Crippen LogP contribution is 2.28. The predicted octanol–water partition coefficient (Wildman–Crippen LogP) is 0.951. The molecule has 1 aromatic carbocycles. The molecule has 4 saturated heterocycles. The Hall–Kier alpha value is -6.54.